The third-order valence-corrected chi connectivity index (χ3v) is 5.32. The average Bonchev–Trinajstić information content (AvgIpc) is 2.99. The largest absolute Gasteiger partial charge is 0.450 e. The van der Waals surface area contributed by atoms with Gasteiger partial charge < -0.3 is 4.74 Å². The third-order valence-electron chi connectivity index (χ3n) is 3.45. The number of thioether (sulfide) groups is 1. The van der Waals surface area contributed by atoms with Crippen LogP contribution in [0.15, 0.2) is 34.3 Å². The monoisotopic (exact) mass is 406 g/mol. The number of ether oxygens (including phenoxy) is 1. The van der Waals surface area contributed by atoms with Crippen LogP contribution in [0, 0.1) is 13.8 Å². The van der Waals surface area contributed by atoms with Gasteiger partial charge >= 0.3 is 6.09 Å². The van der Waals surface area contributed by atoms with Crippen molar-refractivity contribution in [1.29, 1.82) is 0 Å². The quantitative estimate of drug-likeness (QED) is 0.412. The molecule has 1 heterocycles. The van der Waals surface area contributed by atoms with Crippen LogP contribution >= 0.6 is 23.3 Å². The smallest absolute Gasteiger partial charge is 0.412 e. The number of benzene rings is 1. The maximum Gasteiger partial charge on any atom is 0.412 e. The van der Waals surface area contributed by atoms with Crippen molar-refractivity contribution in [3.05, 3.63) is 41.1 Å². The lowest BCUT2D eigenvalue weighted by Gasteiger charge is -2.07. The van der Waals surface area contributed by atoms with Crippen LogP contribution in [0.25, 0.3) is 0 Å². The predicted octanol–water partition coefficient (Wildman–Crippen LogP) is 3.96. The van der Waals surface area contributed by atoms with Gasteiger partial charge in [-0.15, -0.1) is 11.8 Å². The van der Waals surface area contributed by atoms with Crippen molar-refractivity contribution in [2.75, 3.05) is 17.7 Å². The fraction of sp³-hybridized carbons (Fsp3) is 0.333. The minimum absolute atomic E-state index is 0.208. The van der Waals surface area contributed by atoms with E-state index in [1.54, 1.807) is 13.8 Å². The van der Waals surface area contributed by atoms with E-state index in [0.29, 0.717) is 16.3 Å². The van der Waals surface area contributed by atoms with Crippen LogP contribution in [-0.4, -0.2) is 34.4 Å². The molecule has 0 spiro atoms. The first-order chi connectivity index (χ1) is 12.9. The molecule has 0 aliphatic carbocycles. The van der Waals surface area contributed by atoms with Crippen molar-refractivity contribution in [1.82, 2.24) is 9.80 Å². The van der Waals surface area contributed by atoms with Gasteiger partial charge in [0.05, 0.1) is 29.3 Å². The molecular formula is C18H22N4O3S2. The average molecular weight is 407 g/mol. The fourth-order valence-electron chi connectivity index (χ4n) is 2.16. The Morgan fingerprint density at radius 1 is 1.26 bits per heavy atom. The zero-order valence-electron chi connectivity index (χ0n) is 15.7. The molecule has 0 fully saturated rings. The lowest BCUT2D eigenvalue weighted by molar-refractivity contribution is -0.118. The summed E-state index contributed by atoms with van der Waals surface area (Å²) in [5.74, 6) is 0.0509. The Labute approximate surface area is 166 Å². The predicted molar refractivity (Wildman–Crippen MR) is 110 cm³/mol. The van der Waals surface area contributed by atoms with Crippen LogP contribution in [0.5, 0.6) is 0 Å². The molecule has 0 bridgehead atoms. The van der Waals surface area contributed by atoms with Crippen LogP contribution < -0.4 is 10.7 Å². The highest BCUT2D eigenvalue weighted by molar-refractivity contribution is 8.00. The molecule has 0 radical (unpaired) electrons. The lowest BCUT2D eigenvalue weighted by Crippen LogP contribution is -2.21. The van der Waals surface area contributed by atoms with Gasteiger partial charge in [0.15, 0.2) is 0 Å². The van der Waals surface area contributed by atoms with Crippen LogP contribution in [-0.2, 0) is 9.53 Å². The van der Waals surface area contributed by atoms with E-state index in [4.69, 9.17) is 4.74 Å². The Balaban J connectivity index is 1.96. The van der Waals surface area contributed by atoms with Crippen molar-refractivity contribution in [2.45, 2.75) is 32.6 Å². The van der Waals surface area contributed by atoms with E-state index >= 15 is 0 Å². The first kappa shape index (κ1) is 20.9. The number of rotatable bonds is 7. The number of hydrogen-bond donors (Lipinski definition) is 2. The van der Waals surface area contributed by atoms with Gasteiger partial charge in [0.1, 0.15) is 5.00 Å². The normalized spacial score (nSPS) is 11.2. The number of carbonyl (C=O) groups excluding carboxylic acids is 2. The van der Waals surface area contributed by atoms with Gasteiger partial charge in [0.2, 0.25) is 5.91 Å². The van der Waals surface area contributed by atoms with E-state index in [2.05, 4.69) is 20.2 Å². The number of nitrogens with zero attached hydrogens (tertiary/aromatic N) is 2. The van der Waals surface area contributed by atoms with Crippen LogP contribution in [0.2, 0.25) is 0 Å². The van der Waals surface area contributed by atoms with Crippen molar-refractivity contribution in [3.63, 3.8) is 0 Å². The fourth-order valence-corrected chi connectivity index (χ4v) is 3.68. The molecule has 2 amide bonds. The highest BCUT2D eigenvalue weighted by atomic mass is 32.2. The SMILES string of the molecule is CCOC(=O)Nc1snc(C)c1/C(C)=N/NC(=O)CSc1ccc(C)cc1. The highest BCUT2D eigenvalue weighted by Crippen LogP contribution is 2.25. The molecule has 0 unspecified atom stereocenters. The summed E-state index contributed by atoms with van der Waals surface area (Å²) in [5.41, 5.74) is 5.68. The first-order valence-corrected chi connectivity index (χ1v) is 10.1. The summed E-state index contributed by atoms with van der Waals surface area (Å²) in [6, 6.07) is 7.98. The van der Waals surface area contributed by atoms with Crippen LogP contribution in [0.4, 0.5) is 9.80 Å². The molecule has 0 saturated heterocycles. The standard InChI is InChI=1S/C18H22N4O3S2/c1-5-25-18(24)19-17-16(13(4)22-27-17)12(3)20-21-15(23)10-26-14-8-6-11(2)7-9-14/h6-9H,5,10H2,1-4H3,(H,19,24)(H,21,23)/b20-12+. The van der Waals surface area contributed by atoms with Gasteiger partial charge in [0.25, 0.3) is 0 Å². The van der Waals surface area contributed by atoms with E-state index in [-0.39, 0.29) is 18.3 Å². The Morgan fingerprint density at radius 2 is 1.96 bits per heavy atom. The van der Waals surface area contributed by atoms with Gasteiger partial charge in [-0.3, -0.25) is 10.1 Å². The zero-order chi connectivity index (χ0) is 19.8. The van der Waals surface area contributed by atoms with Gasteiger partial charge in [-0.1, -0.05) is 17.7 Å². The number of amides is 2. The molecule has 0 atom stereocenters. The first-order valence-electron chi connectivity index (χ1n) is 8.33. The van der Waals surface area contributed by atoms with Gasteiger partial charge in [-0.05, 0) is 51.4 Å². The summed E-state index contributed by atoms with van der Waals surface area (Å²) in [7, 11) is 0. The molecule has 1 aromatic heterocycles. The molecule has 1 aromatic carbocycles. The molecule has 0 saturated carbocycles. The van der Waals surface area contributed by atoms with Crippen LogP contribution in [0.1, 0.15) is 30.7 Å². The molecule has 2 rings (SSSR count). The Hall–Kier alpha value is -2.39. The number of hydrogen-bond acceptors (Lipinski definition) is 7. The number of nitrogens with one attached hydrogen (secondary N) is 2. The van der Waals surface area contributed by atoms with Gasteiger partial charge in [-0.25, -0.2) is 10.2 Å². The number of hydrazone groups is 1. The third kappa shape index (κ3) is 6.37. The zero-order valence-corrected chi connectivity index (χ0v) is 17.3. The van der Waals surface area contributed by atoms with E-state index in [1.165, 1.54) is 17.3 Å². The van der Waals surface area contributed by atoms with E-state index in [0.717, 1.165) is 22.1 Å². The van der Waals surface area contributed by atoms with Crippen molar-refractivity contribution < 1.29 is 14.3 Å². The molecule has 0 aliphatic heterocycles. The van der Waals surface area contributed by atoms with Crippen LogP contribution in [0.3, 0.4) is 0 Å². The Kier molecular flexibility index (Phi) is 7.81. The minimum atomic E-state index is -0.547. The molecule has 144 valence electrons. The molecule has 27 heavy (non-hydrogen) atoms. The topological polar surface area (TPSA) is 92.7 Å². The second kappa shape index (κ2) is 10.1. The number of carbonyl (C=O) groups is 2. The van der Waals surface area contributed by atoms with E-state index in [1.807, 2.05) is 38.1 Å². The Bertz CT molecular complexity index is 832. The van der Waals surface area contributed by atoms with Crippen molar-refractivity contribution in [2.24, 2.45) is 5.10 Å². The van der Waals surface area contributed by atoms with Crippen molar-refractivity contribution >= 4 is 46.0 Å². The number of aromatic nitrogens is 1. The second-order valence-corrected chi connectivity index (χ2v) is 7.47. The highest BCUT2D eigenvalue weighted by Gasteiger charge is 2.16. The summed E-state index contributed by atoms with van der Waals surface area (Å²) in [6.07, 6.45) is -0.547. The number of anilines is 1. The summed E-state index contributed by atoms with van der Waals surface area (Å²) in [4.78, 5) is 24.7. The molecule has 2 aromatic rings. The maximum atomic E-state index is 12.0. The minimum Gasteiger partial charge on any atom is -0.450 e. The van der Waals surface area contributed by atoms with Gasteiger partial charge in [0, 0.05) is 4.90 Å². The number of aryl methyl sites for hydroxylation is 2. The molecular weight excluding hydrogens is 384 g/mol. The Morgan fingerprint density at radius 3 is 2.63 bits per heavy atom. The molecule has 0 aliphatic rings. The summed E-state index contributed by atoms with van der Waals surface area (Å²) in [6.45, 7) is 7.59. The van der Waals surface area contributed by atoms with Crippen molar-refractivity contribution in [3.8, 4) is 0 Å². The summed E-state index contributed by atoms with van der Waals surface area (Å²) < 4.78 is 9.12. The summed E-state index contributed by atoms with van der Waals surface area (Å²) in [5, 5.41) is 7.33. The molecule has 7 nitrogen and oxygen atoms in total. The lowest BCUT2D eigenvalue weighted by atomic mass is 10.2. The molecule has 2 N–H and O–H groups in total. The van der Waals surface area contributed by atoms with Gasteiger partial charge in [-0.2, -0.15) is 9.47 Å². The summed E-state index contributed by atoms with van der Waals surface area (Å²) >= 11 is 2.58. The molecule has 9 heteroatoms. The second-order valence-electron chi connectivity index (χ2n) is 5.65. The maximum absolute atomic E-state index is 12.0. The van der Waals surface area contributed by atoms with E-state index in [9.17, 15) is 9.59 Å². The van der Waals surface area contributed by atoms with E-state index < -0.39 is 6.09 Å².